The summed E-state index contributed by atoms with van der Waals surface area (Å²) in [6, 6.07) is 1.76. The average Bonchev–Trinajstić information content (AvgIpc) is 2.61. The summed E-state index contributed by atoms with van der Waals surface area (Å²) in [4.78, 5) is 8.52. The number of ether oxygens (including phenoxy) is 1. The van der Waals surface area contributed by atoms with Crippen LogP contribution in [0.1, 0.15) is 30.8 Å². The number of aryl methyl sites for hydroxylation is 2. The van der Waals surface area contributed by atoms with E-state index in [1.807, 2.05) is 32.5 Å². The Bertz CT molecular complexity index is 591. The zero-order chi connectivity index (χ0) is 14.7. The first-order valence-electron chi connectivity index (χ1n) is 6.70. The second-order valence-electron chi connectivity index (χ2n) is 5.01. The lowest BCUT2D eigenvalue weighted by molar-refractivity contribution is 0.232. The summed E-state index contributed by atoms with van der Waals surface area (Å²) in [5.41, 5.74) is 3.34. The fourth-order valence-corrected chi connectivity index (χ4v) is 1.98. The molecule has 1 N–H and O–H groups in total. The van der Waals surface area contributed by atoms with Gasteiger partial charge in [-0.25, -0.2) is 4.98 Å². The topological polar surface area (TPSA) is 64.9 Å². The van der Waals surface area contributed by atoms with Crippen LogP contribution in [-0.2, 0) is 13.6 Å². The monoisotopic (exact) mass is 275 g/mol. The van der Waals surface area contributed by atoms with Crippen molar-refractivity contribution in [1.82, 2.24) is 19.7 Å². The zero-order valence-electron chi connectivity index (χ0n) is 12.6. The Morgan fingerprint density at radius 3 is 2.70 bits per heavy atom. The van der Waals surface area contributed by atoms with Gasteiger partial charge in [-0.3, -0.25) is 4.68 Å². The molecule has 6 heteroatoms. The summed E-state index contributed by atoms with van der Waals surface area (Å²) in [6.45, 7) is 8.64. The summed E-state index contributed by atoms with van der Waals surface area (Å²) in [7, 11) is 1.94. The van der Waals surface area contributed by atoms with Crippen molar-refractivity contribution >= 4 is 5.95 Å². The van der Waals surface area contributed by atoms with Crippen LogP contribution in [0.3, 0.4) is 0 Å². The molecule has 2 heterocycles. The van der Waals surface area contributed by atoms with Crippen molar-refractivity contribution in [1.29, 1.82) is 0 Å². The molecule has 6 nitrogen and oxygen atoms in total. The molecule has 0 aliphatic rings. The van der Waals surface area contributed by atoms with Crippen LogP contribution >= 0.6 is 0 Å². The lowest BCUT2D eigenvalue weighted by Crippen LogP contribution is -2.09. The normalized spacial score (nSPS) is 10.9. The first-order valence-corrected chi connectivity index (χ1v) is 6.70. The van der Waals surface area contributed by atoms with Crippen molar-refractivity contribution in [2.45, 2.75) is 40.3 Å². The molecule has 0 fully saturated rings. The predicted octanol–water partition coefficient (Wildman–Crippen LogP) is 2.23. The maximum atomic E-state index is 5.55. The molecule has 0 bridgehead atoms. The standard InChI is InChI=1S/C14H21N5O/c1-9(2)20-13-6-7-15-14(17-13)16-8-12-10(3)18-19(5)11(12)4/h6-7,9H,8H2,1-5H3,(H,15,16,17). The Labute approximate surface area is 119 Å². The lowest BCUT2D eigenvalue weighted by atomic mass is 10.2. The molecule has 0 saturated carbocycles. The first-order chi connectivity index (χ1) is 9.47. The van der Waals surface area contributed by atoms with Gasteiger partial charge in [0, 0.05) is 37.1 Å². The second-order valence-corrected chi connectivity index (χ2v) is 5.01. The number of nitrogens with zero attached hydrogens (tertiary/aromatic N) is 4. The smallest absolute Gasteiger partial charge is 0.226 e. The quantitative estimate of drug-likeness (QED) is 0.906. The van der Waals surface area contributed by atoms with Gasteiger partial charge in [0.1, 0.15) is 0 Å². The fraction of sp³-hybridized carbons (Fsp3) is 0.500. The Morgan fingerprint density at radius 2 is 2.10 bits per heavy atom. The largest absolute Gasteiger partial charge is 0.475 e. The highest BCUT2D eigenvalue weighted by molar-refractivity contribution is 5.32. The Hall–Kier alpha value is -2.11. The number of anilines is 1. The van der Waals surface area contributed by atoms with Gasteiger partial charge < -0.3 is 10.1 Å². The molecule has 0 unspecified atom stereocenters. The van der Waals surface area contributed by atoms with E-state index in [-0.39, 0.29) is 6.10 Å². The van der Waals surface area contributed by atoms with E-state index in [4.69, 9.17) is 4.74 Å². The van der Waals surface area contributed by atoms with Gasteiger partial charge in [-0.2, -0.15) is 10.1 Å². The zero-order valence-corrected chi connectivity index (χ0v) is 12.6. The summed E-state index contributed by atoms with van der Waals surface area (Å²) in [5, 5.41) is 7.60. The molecule has 2 aromatic heterocycles. The third-order valence-corrected chi connectivity index (χ3v) is 3.07. The molecule has 0 spiro atoms. The van der Waals surface area contributed by atoms with Gasteiger partial charge in [0.15, 0.2) is 0 Å². The van der Waals surface area contributed by atoms with Gasteiger partial charge in [-0.15, -0.1) is 0 Å². The number of aromatic nitrogens is 4. The van der Waals surface area contributed by atoms with Gasteiger partial charge >= 0.3 is 0 Å². The van der Waals surface area contributed by atoms with Crippen LogP contribution < -0.4 is 10.1 Å². The molecule has 108 valence electrons. The van der Waals surface area contributed by atoms with Crippen molar-refractivity contribution in [2.24, 2.45) is 7.05 Å². The summed E-state index contributed by atoms with van der Waals surface area (Å²) in [6.07, 6.45) is 1.79. The number of hydrogen-bond donors (Lipinski definition) is 1. The van der Waals surface area contributed by atoms with Crippen LogP contribution in [0, 0.1) is 13.8 Å². The van der Waals surface area contributed by atoms with Crippen molar-refractivity contribution in [3.05, 3.63) is 29.2 Å². The van der Waals surface area contributed by atoms with Crippen LogP contribution in [0.15, 0.2) is 12.3 Å². The summed E-state index contributed by atoms with van der Waals surface area (Å²) >= 11 is 0. The molecule has 0 atom stereocenters. The van der Waals surface area contributed by atoms with E-state index in [1.165, 1.54) is 5.56 Å². The Kier molecular flexibility index (Phi) is 4.22. The highest BCUT2D eigenvalue weighted by Gasteiger charge is 2.09. The van der Waals surface area contributed by atoms with E-state index in [2.05, 4.69) is 27.3 Å². The molecule has 0 saturated heterocycles. The van der Waals surface area contributed by atoms with Crippen molar-refractivity contribution < 1.29 is 4.74 Å². The van der Waals surface area contributed by atoms with Crippen molar-refractivity contribution in [3.63, 3.8) is 0 Å². The van der Waals surface area contributed by atoms with Crippen LogP contribution in [0.25, 0.3) is 0 Å². The third kappa shape index (κ3) is 3.26. The molecule has 0 aliphatic heterocycles. The molecule has 0 aromatic carbocycles. The van der Waals surface area contributed by atoms with Gasteiger partial charge in [0.2, 0.25) is 11.8 Å². The van der Waals surface area contributed by atoms with Crippen molar-refractivity contribution in [2.75, 3.05) is 5.32 Å². The van der Waals surface area contributed by atoms with E-state index < -0.39 is 0 Å². The van der Waals surface area contributed by atoms with E-state index in [1.54, 1.807) is 12.3 Å². The second kappa shape index (κ2) is 5.90. The highest BCUT2D eigenvalue weighted by atomic mass is 16.5. The maximum Gasteiger partial charge on any atom is 0.226 e. The fourth-order valence-electron chi connectivity index (χ4n) is 1.98. The molecule has 0 radical (unpaired) electrons. The predicted molar refractivity (Wildman–Crippen MR) is 77.8 cm³/mol. The number of rotatable bonds is 5. The van der Waals surface area contributed by atoms with E-state index in [0.29, 0.717) is 18.4 Å². The van der Waals surface area contributed by atoms with Crippen LogP contribution in [-0.4, -0.2) is 25.9 Å². The molecule has 0 amide bonds. The van der Waals surface area contributed by atoms with Crippen molar-refractivity contribution in [3.8, 4) is 5.88 Å². The summed E-state index contributed by atoms with van der Waals surface area (Å²) < 4.78 is 7.43. The van der Waals surface area contributed by atoms with E-state index in [0.717, 1.165) is 11.4 Å². The van der Waals surface area contributed by atoms with E-state index in [9.17, 15) is 0 Å². The van der Waals surface area contributed by atoms with Gasteiger partial charge in [-0.1, -0.05) is 0 Å². The highest BCUT2D eigenvalue weighted by Crippen LogP contribution is 2.15. The third-order valence-electron chi connectivity index (χ3n) is 3.07. The van der Waals surface area contributed by atoms with Gasteiger partial charge in [0.25, 0.3) is 0 Å². The minimum Gasteiger partial charge on any atom is -0.475 e. The SMILES string of the molecule is Cc1nn(C)c(C)c1CNc1nccc(OC(C)C)n1. The Morgan fingerprint density at radius 1 is 1.35 bits per heavy atom. The van der Waals surface area contributed by atoms with Gasteiger partial charge in [0.05, 0.1) is 11.8 Å². The minimum absolute atomic E-state index is 0.0977. The molecule has 2 rings (SSSR count). The molecule has 2 aromatic rings. The van der Waals surface area contributed by atoms with Gasteiger partial charge in [-0.05, 0) is 27.7 Å². The first kappa shape index (κ1) is 14.3. The molecule has 20 heavy (non-hydrogen) atoms. The van der Waals surface area contributed by atoms with Crippen LogP contribution in [0.5, 0.6) is 5.88 Å². The lowest BCUT2D eigenvalue weighted by Gasteiger charge is -2.10. The number of hydrogen-bond acceptors (Lipinski definition) is 5. The maximum absolute atomic E-state index is 5.55. The molecular weight excluding hydrogens is 254 g/mol. The van der Waals surface area contributed by atoms with E-state index >= 15 is 0 Å². The number of nitrogens with one attached hydrogen (secondary N) is 1. The Balaban J connectivity index is 2.07. The van der Waals surface area contributed by atoms with Crippen LogP contribution in [0.4, 0.5) is 5.95 Å². The minimum atomic E-state index is 0.0977. The van der Waals surface area contributed by atoms with Crippen LogP contribution in [0.2, 0.25) is 0 Å². The summed E-state index contributed by atoms with van der Waals surface area (Å²) in [5.74, 6) is 1.14. The average molecular weight is 275 g/mol. The molecular formula is C14H21N5O. The molecule has 0 aliphatic carbocycles.